The van der Waals surface area contributed by atoms with Gasteiger partial charge in [0.2, 0.25) is 15.9 Å². The van der Waals surface area contributed by atoms with E-state index >= 15 is 0 Å². The summed E-state index contributed by atoms with van der Waals surface area (Å²) in [6.07, 6.45) is 2.40. The highest BCUT2D eigenvalue weighted by molar-refractivity contribution is 7.89. The van der Waals surface area contributed by atoms with Crippen LogP contribution in [0.5, 0.6) is 5.75 Å². The van der Waals surface area contributed by atoms with Crippen molar-refractivity contribution in [2.45, 2.75) is 43.2 Å². The average molecular weight is 445 g/mol. The Morgan fingerprint density at radius 2 is 1.87 bits per heavy atom. The van der Waals surface area contributed by atoms with Gasteiger partial charge in [-0.3, -0.25) is 4.79 Å². The van der Waals surface area contributed by atoms with Crippen molar-refractivity contribution in [2.75, 3.05) is 18.4 Å². The van der Waals surface area contributed by atoms with Crippen molar-refractivity contribution < 1.29 is 18.3 Å². The van der Waals surface area contributed by atoms with Gasteiger partial charge >= 0.3 is 0 Å². The van der Waals surface area contributed by atoms with Gasteiger partial charge in [0.25, 0.3) is 0 Å². The van der Waals surface area contributed by atoms with Crippen LogP contribution in [0.15, 0.2) is 53.4 Å². The van der Waals surface area contributed by atoms with E-state index in [1.165, 1.54) is 12.1 Å². The van der Waals surface area contributed by atoms with E-state index in [0.717, 1.165) is 18.4 Å². The first-order chi connectivity index (χ1) is 14.8. The lowest BCUT2D eigenvalue weighted by Crippen LogP contribution is -2.39. The summed E-state index contributed by atoms with van der Waals surface area (Å²) >= 11 is 0. The zero-order valence-corrected chi connectivity index (χ0v) is 18.2. The van der Waals surface area contributed by atoms with Gasteiger partial charge < -0.3 is 10.4 Å². The number of hydrogen-bond donors (Lipinski definition) is 4. The van der Waals surface area contributed by atoms with Crippen LogP contribution in [0.3, 0.4) is 0 Å². The number of amides is 1. The van der Waals surface area contributed by atoms with E-state index in [-0.39, 0.29) is 22.6 Å². The number of nitrogens with zero attached hydrogens (tertiary/aromatic N) is 1. The van der Waals surface area contributed by atoms with Gasteiger partial charge in [0.05, 0.1) is 10.9 Å². The highest BCUT2D eigenvalue weighted by Crippen LogP contribution is 2.29. The number of phenols is 1. The second-order valence-corrected chi connectivity index (χ2v) is 10.3. The van der Waals surface area contributed by atoms with E-state index < -0.39 is 16.1 Å². The number of carbonyl (C=O) groups is 1. The van der Waals surface area contributed by atoms with E-state index in [2.05, 4.69) is 23.1 Å². The molecule has 4 N–H and O–H groups in total. The van der Waals surface area contributed by atoms with Crippen molar-refractivity contribution in [3.63, 3.8) is 0 Å². The molecule has 166 valence electrons. The summed E-state index contributed by atoms with van der Waals surface area (Å²) in [5, 5.41) is 12.8. The third-order valence-electron chi connectivity index (χ3n) is 5.91. The van der Waals surface area contributed by atoms with Gasteiger partial charge in [-0.25, -0.2) is 19.3 Å². The molecule has 2 aromatic carbocycles. The molecule has 2 fully saturated rings. The molecule has 0 spiro atoms. The van der Waals surface area contributed by atoms with E-state index in [0.29, 0.717) is 31.1 Å². The van der Waals surface area contributed by atoms with Crippen LogP contribution < -0.4 is 16.2 Å². The number of hydrogen-bond acceptors (Lipinski definition) is 6. The van der Waals surface area contributed by atoms with Crippen LogP contribution in [0.25, 0.3) is 0 Å². The highest BCUT2D eigenvalue weighted by atomic mass is 32.2. The van der Waals surface area contributed by atoms with Crippen LogP contribution in [0.1, 0.15) is 37.8 Å². The third kappa shape index (κ3) is 4.74. The summed E-state index contributed by atoms with van der Waals surface area (Å²) in [5.74, 6) is 0.310. The Morgan fingerprint density at radius 1 is 1.13 bits per heavy atom. The van der Waals surface area contributed by atoms with Gasteiger partial charge in [-0.15, -0.1) is 0 Å². The first-order valence-corrected chi connectivity index (χ1v) is 12.0. The topological polar surface area (TPSA) is 111 Å². The van der Waals surface area contributed by atoms with Crippen LogP contribution in [-0.2, 0) is 14.8 Å². The number of nitrogens with one attached hydrogen (secondary N) is 3. The molecule has 1 amide bonds. The zero-order chi connectivity index (χ0) is 22.0. The molecule has 3 unspecified atom stereocenters. The molecule has 0 bridgehead atoms. The molecule has 2 aromatic rings. The Morgan fingerprint density at radius 3 is 2.58 bits per heavy atom. The lowest BCUT2D eigenvalue weighted by molar-refractivity contribution is -0.117. The van der Waals surface area contributed by atoms with E-state index in [9.17, 15) is 18.3 Å². The normalized spacial score (nSPS) is 24.7. The highest BCUT2D eigenvalue weighted by Gasteiger charge is 2.32. The first kappa shape index (κ1) is 21.8. The van der Waals surface area contributed by atoms with E-state index in [1.807, 2.05) is 12.1 Å². The second-order valence-electron chi connectivity index (χ2n) is 8.31. The number of piperidine rings is 1. The molecule has 0 saturated carbocycles. The minimum Gasteiger partial charge on any atom is -0.508 e. The molecule has 0 radical (unpaired) electrons. The molecular formula is C22H28N4O4S. The standard InChI is InChI=1S/C22H28N4O4S/c1-15-5-4-12-26(14-15)31(29,30)17-10-8-16(9-11-17)23-22(28)20-13-19(24-25-20)18-6-2-3-7-21(18)27/h2-3,6-11,15,19-20,24-25,27H,4-5,12-14H2,1H3,(H,23,28). The van der Waals surface area contributed by atoms with Crippen LogP contribution in [0, 0.1) is 5.92 Å². The van der Waals surface area contributed by atoms with Gasteiger partial charge in [0.1, 0.15) is 11.8 Å². The van der Waals surface area contributed by atoms with Gasteiger partial charge in [-0.2, -0.15) is 4.31 Å². The summed E-state index contributed by atoms with van der Waals surface area (Å²) in [6.45, 7) is 3.15. The lowest BCUT2D eigenvalue weighted by Gasteiger charge is -2.30. The van der Waals surface area contributed by atoms with E-state index in [1.54, 1.807) is 28.6 Å². The van der Waals surface area contributed by atoms with Crippen LogP contribution in [0.2, 0.25) is 0 Å². The van der Waals surface area contributed by atoms with Crippen molar-refractivity contribution in [1.29, 1.82) is 0 Å². The zero-order valence-electron chi connectivity index (χ0n) is 17.4. The maximum Gasteiger partial charge on any atom is 0.243 e. The second kappa shape index (κ2) is 8.96. The minimum absolute atomic E-state index is 0.183. The molecule has 31 heavy (non-hydrogen) atoms. The molecule has 9 heteroatoms. The number of sulfonamides is 1. The molecule has 3 atom stereocenters. The molecule has 2 aliphatic heterocycles. The van der Waals surface area contributed by atoms with Crippen molar-refractivity contribution in [3.8, 4) is 5.75 Å². The van der Waals surface area contributed by atoms with Crippen molar-refractivity contribution >= 4 is 21.6 Å². The van der Waals surface area contributed by atoms with Crippen LogP contribution in [0.4, 0.5) is 5.69 Å². The summed E-state index contributed by atoms with van der Waals surface area (Å²) in [4.78, 5) is 12.9. The first-order valence-electron chi connectivity index (χ1n) is 10.5. The molecule has 2 heterocycles. The van der Waals surface area contributed by atoms with Crippen molar-refractivity contribution in [3.05, 3.63) is 54.1 Å². The predicted octanol–water partition coefficient (Wildman–Crippen LogP) is 2.36. The fourth-order valence-corrected chi connectivity index (χ4v) is 5.77. The summed E-state index contributed by atoms with van der Waals surface area (Å²) in [7, 11) is -3.52. The Labute approximate surface area is 182 Å². The number of para-hydroxylation sites is 1. The maximum absolute atomic E-state index is 12.9. The van der Waals surface area contributed by atoms with E-state index in [4.69, 9.17) is 0 Å². The minimum atomic E-state index is -3.52. The molecular weight excluding hydrogens is 416 g/mol. The Balaban J connectivity index is 1.38. The summed E-state index contributed by atoms with van der Waals surface area (Å²) < 4.78 is 27.3. The monoisotopic (exact) mass is 444 g/mol. The van der Waals surface area contributed by atoms with Gasteiger partial charge in [0.15, 0.2) is 0 Å². The number of phenolic OH excluding ortho intramolecular Hbond substituents is 1. The fourth-order valence-electron chi connectivity index (χ4n) is 4.17. The molecule has 2 aliphatic rings. The summed E-state index contributed by atoms with van der Waals surface area (Å²) in [6, 6.07) is 12.7. The smallest absolute Gasteiger partial charge is 0.243 e. The fraction of sp³-hybridized carbons (Fsp3) is 0.409. The van der Waals surface area contributed by atoms with Crippen LogP contribution in [-0.4, -0.2) is 42.9 Å². The SMILES string of the molecule is CC1CCCN(S(=O)(=O)c2ccc(NC(=O)C3CC(c4ccccc4O)NN3)cc2)C1. The predicted molar refractivity (Wildman–Crippen MR) is 118 cm³/mol. The number of hydrazine groups is 1. The van der Waals surface area contributed by atoms with Gasteiger partial charge in [-0.1, -0.05) is 25.1 Å². The van der Waals surface area contributed by atoms with Crippen LogP contribution >= 0.6 is 0 Å². The number of benzene rings is 2. The Bertz CT molecular complexity index is 1040. The quantitative estimate of drug-likeness (QED) is 0.564. The molecule has 0 aliphatic carbocycles. The number of anilines is 1. The Kier molecular flexibility index (Phi) is 6.29. The lowest BCUT2D eigenvalue weighted by atomic mass is 10.0. The summed E-state index contributed by atoms with van der Waals surface area (Å²) in [5.41, 5.74) is 7.26. The molecule has 4 rings (SSSR count). The number of carbonyl (C=O) groups excluding carboxylic acids is 1. The Hall–Kier alpha value is -2.46. The number of aromatic hydroxyl groups is 1. The van der Waals surface area contributed by atoms with Crippen molar-refractivity contribution in [2.24, 2.45) is 5.92 Å². The molecule has 8 nitrogen and oxygen atoms in total. The van der Waals surface area contributed by atoms with Crippen molar-refractivity contribution in [1.82, 2.24) is 15.2 Å². The molecule has 0 aromatic heterocycles. The largest absolute Gasteiger partial charge is 0.508 e. The average Bonchev–Trinajstić information content (AvgIpc) is 3.25. The van der Waals surface area contributed by atoms with Gasteiger partial charge in [-0.05, 0) is 55.5 Å². The molecule has 2 saturated heterocycles. The number of rotatable bonds is 5. The van der Waals surface area contributed by atoms with Gasteiger partial charge in [0, 0.05) is 24.3 Å². The maximum atomic E-state index is 12.9. The third-order valence-corrected chi connectivity index (χ3v) is 7.79.